The van der Waals surface area contributed by atoms with Crippen LogP contribution in [-0.4, -0.2) is 38.0 Å². The van der Waals surface area contributed by atoms with Gasteiger partial charge in [0.15, 0.2) is 12.6 Å². The Morgan fingerprint density at radius 2 is 0.975 bits per heavy atom. The summed E-state index contributed by atoms with van der Waals surface area (Å²) in [5.74, 6) is 4.55. The maximum atomic E-state index is 6.13. The fraction of sp³-hybridized carbons (Fsp3) is 0.833. The maximum absolute atomic E-state index is 6.13. The highest BCUT2D eigenvalue weighted by molar-refractivity contribution is 5.40. The second kappa shape index (κ2) is 14.0. The highest BCUT2D eigenvalue weighted by Gasteiger charge is 2.32. The van der Waals surface area contributed by atoms with Crippen molar-refractivity contribution in [2.45, 2.75) is 143 Å². The van der Waals surface area contributed by atoms with Gasteiger partial charge in [0.05, 0.1) is 25.4 Å². The summed E-state index contributed by atoms with van der Waals surface area (Å²) in [6.07, 6.45) is 16.5. The molecule has 2 saturated carbocycles. The Balaban J connectivity index is 1.02. The first-order valence-electron chi connectivity index (χ1n) is 16.9. The van der Waals surface area contributed by atoms with Crippen LogP contribution in [0.2, 0.25) is 0 Å². The molecule has 4 fully saturated rings. The van der Waals surface area contributed by atoms with Gasteiger partial charge in [-0.2, -0.15) is 0 Å². The normalized spacial score (nSPS) is 39.2. The van der Waals surface area contributed by atoms with Crippen molar-refractivity contribution in [3.05, 3.63) is 34.4 Å². The van der Waals surface area contributed by atoms with Crippen LogP contribution in [0.25, 0.3) is 0 Å². The maximum Gasteiger partial charge on any atom is 0.161 e. The number of benzene rings is 1. The quantitative estimate of drug-likeness (QED) is 0.322. The molecule has 4 aliphatic rings. The third kappa shape index (κ3) is 7.91. The van der Waals surface area contributed by atoms with Crippen LogP contribution in [0.4, 0.5) is 0 Å². The molecule has 5 rings (SSSR count). The van der Waals surface area contributed by atoms with Crippen molar-refractivity contribution in [3.8, 4) is 0 Å². The van der Waals surface area contributed by atoms with E-state index in [2.05, 4.69) is 53.7 Å². The summed E-state index contributed by atoms with van der Waals surface area (Å²) in [5, 5.41) is 0. The van der Waals surface area contributed by atoms with Crippen molar-refractivity contribution in [2.24, 2.45) is 35.5 Å². The summed E-state index contributed by atoms with van der Waals surface area (Å²) < 4.78 is 24.2. The van der Waals surface area contributed by atoms with Crippen LogP contribution in [0.5, 0.6) is 0 Å². The number of ether oxygens (including phenoxy) is 4. The van der Waals surface area contributed by atoms with Gasteiger partial charge in [0, 0.05) is 24.7 Å². The van der Waals surface area contributed by atoms with E-state index >= 15 is 0 Å². The monoisotopic (exact) mass is 554 g/mol. The fourth-order valence-electron chi connectivity index (χ4n) is 7.83. The summed E-state index contributed by atoms with van der Waals surface area (Å²) in [5.41, 5.74) is 5.87. The van der Waals surface area contributed by atoms with E-state index in [0.717, 1.165) is 49.7 Å². The summed E-state index contributed by atoms with van der Waals surface area (Å²) in [6, 6.07) is 4.75. The van der Waals surface area contributed by atoms with E-state index in [0.29, 0.717) is 17.9 Å². The van der Waals surface area contributed by atoms with Crippen LogP contribution in [0.3, 0.4) is 0 Å². The Morgan fingerprint density at radius 1 is 0.550 bits per heavy atom. The molecule has 6 unspecified atom stereocenters. The smallest absolute Gasteiger partial charge is 0.161 e. The predicted molar refractivity (Wildman–Crippen MR) is 162 cm³/mol. The van der Waals surface area contributed by atoms with E-state index in [9.17, 15) is 0 Å². The molecule has 0 spiro atoms. The van der Waals surface area contributed by atoms with E-state index in [1.807, 2.05) is 0 Å². The van der Waals surface area contributed by atoms with Crippen molar-refractivity contribution in [1.82, 2.24) is 0 Å². The first-order valence-corrected chi connectivity index (χ1v) is 16.9. The predicted octanol–water partition coefficient (Wildman–Crippen LogP) is 8.58. The fourth-order valence-corrected chi connectivity index (χ4v) is 7.83. The van der Waals surface area contributed by atoms with Crippen LogP contribution in [0.1, 0.15) is 114 Å². The van der Waals surface area contributed by atoms with Gasteiger partial charge in [-0.05, 0) is 112 Å². The zero-order valence-electron chi connectivity index (χ0n) is 26.5. The zero-order valence-corrected chi connectivity index (χ0v) is 26.5. The Hall–Kier alpha value is -0.940. The molecule has 6 atom stereocenters. The van der Waals surface area contributed by atoms with Crippen LogP contribution in [0.15, 0.2) is 12.1 Å². The van der Waals surface area contributed by atoms with Gasteiger partial charge in [0.25, 0.3) is 0 Å². The molecular weight excluding hydrogens is 496 g/mol. The lowest BCUT2D eigenvalue weighted by atomic mass is 9.72. The molecule has 40 heavy (non-hydrogen) atoms. The Bertz CT molecular complexity index is 929. The summed E-state index contributed by atoms with van der Waals surface area (Å²) in [4.78, 5) is 0. The molecule has 0 aromatic heterocycles. The molecule has 2 aliphatic heterocycles. The molecule has 1 aromatic carbocycles. The lowest BCUT2D eigenvalue weighted by Gasteiger charge is -2.37. The summed E-state index contributed by atoms with van der Waals surface area (Å²) in [6.45, 7) is 15.1. The van der Waals surface area contributed by atoms with E-state index in [1.54, 1.807) is 5.56 Å². The molecule has 2 saturated heterocycles. The third-order valence-electron chi connectivity index (χ3n) is 11.5. The van der Waals surface area contributed by atoms with E-state index in [4.69, 9.17) is 18.9 Å². The first-order chi connectivity index (χ1) is 19.2. The third-order valence-corrected chi connectivity index (χ3v) is 11.5. The molecular formula is C36H58O4. The van der Waals surface area contributed by atoms with Gasteiger partial charge in [-0.3, -0.25) is 0 Å². The van der Waals surface area contributed by atoms with Gasteiger partial charge in [-0.25, -0.2) is 0 Å². The second-order valence-electron chi connectivity index (χ2n) is 14.4. The number of hydrogen-bond acceptors (Lipinski definition) is 4. The van der Waals surface area contributed by atoms with Crippen molar-refractivity contribution < 1.29 is 18.9 Å². The Morgan fingerprint density at radius 3 is 1.50 bits per heavy atom. The average Bonchev–Trinajstić information content (AvgIpc) is 2.94. The average molecular weight is 555 g/mol. The zero-order chi connectivity index (χ0) is 28.2. The highest BCUT2D eigenvalue weighted by Crippen LogP contribution is 2.41. The van der Waals surface area contributed by atoms with Crippen molar-refractivity contribution in [3.63, 3.8) is 0 Å². The van der Waals surface area contributed by atoms with Gasteiger partial charge in [-0.15, -0.1) is 0 Å². The topological polar surface area (TPSA) is 36.9 Å². The molecule has 0 amide bonds. The van der Waals surface area contributed by atoms with Gasteiger partial charge < -0.3 is 18.9 Å². The second-order valence-corrected chi connectivity index (χ2v) is 14.4. The van der Waals surface area contributed by atoms with Gasteiger partial charge in [0.2, 0.25) is 0 Å². The van der Waals surface area contributed by atoms with Crippen LogP contribution < -0.4 is 0 Å². The van der Waals surface area contributed by atoms with Crippen LogP contribution >= 0.6 is 0 Å². The van der Waals surface area contributed by atoms with Crippen molar-refractivity contribution >= 4 is 0 Å². The molecule has 226 valence electrons. The molecule has 4 nitrogen and oxygen atoms in total. The van der Waals surface area contributed by atoms with Gasteiger partial charge in [0.1, 0.15) is 0 Å². The highest BCUT2D eigenvalue weighted by atomic mass is 16.7. The van der Waals surface area contributed by atoms with Crippen molar-refractivity contribution in [1.29, 1.82) is 0 Å². The number of hydrogen-bond donors (Lipinski definition) is 0. The summed E-state index contributed by atoms with van der Waals surface area (Å²) >= 11 is 0. The molecule has 4 heteroatoms. The molecule has 0 N–H and O–H groups in total. The standard InChI is InChI=1S/C36H58O4/c1-23-21-37-35(39-27(23)5)19-32-13-9-30(10-14-32)17-29-7-11-31(12-8-29)18-33-15-16-34(26(4)25(33)3)20-36-38-22-24(2)28(6)40-36/h15-16,23-24,27-32,35-36H,7-14,17-22H2,1-6H3. The Kier molecular flexibility index (Phi) is 10.7. The van der Waals surface area contributed by atoms with Crippen LogP contribution in [0, 0.1) is 49.4 Å². The van der Waals surface area contributed by atoms with Crippen molar-refractivity contribution in [2.75, 3.05) is 13.2 Å². The Labute approximate surface area is 245 Å². The summed E-state index contributed by atoms with van der Waals surface area (Å²) in [7, 11) is 0. The molecule has 0 radical (unpaired) electrons. The SMILES string of the molecule is Cc1c(CC2CCC(CC3CCC(CC4OCC(C)C(C)O4)CC3)CC2)ccc(CC2OCC(C)C(C)O2)c1C. The molecule has 0 bridgehead atoms. The minimum atomic E-state index is -0.104. The van der Waals surface area contributed by atoms with E-state index in [-0.39, 0.29) is 18.7 Å². The van der Waals surface area contributed by atoms with Gasteiger partial charge >= 0.3 is 0 Å². The minimum absolute atomic E-state index is 0.0410. The molecule has 1 aromatic rings. The van der Waals surface area contributed by atoms with Crippen LogP contribution in [-0.2, 0) is 31.8 Å². The molecule has 2 aliphatic carbocycles. The van der Waals surface area contributed by atoms with Gasteiger partial charge in [-0.1, -0.05) is 51.7 Å². The lowest BCUT2D eigenvalue weighted by Crippen LogP contribution is -2.38. The largest absolute Gasteiger partial charge is 0.352 e. The first kappa shape index (κ1) is 30.5. The lowest BCUT2D eigenvalue weighted by molar-refractivity contribution is -0.235. The molecule has 2 heterocycles. The van der Waals surface area contributed by atoms with E-state index in [1.165, 1.54) is 80.9 Å². The van der Waals surface area contributed by atoms with E-state index < -0.39 is 0 Å². The number of rotatable bonds is 8. The minimum Gasteiger partial charge on any atom is -0.352 e.